The molecule has 1 amide bonds. The van der Waals surface area contributed by atoms with Gasteiger partial charge in [-0.1, -0.05) is 0 Å². The summed E-state index contributed by atoms with van der Waals surface area (Å²) < 4.78 is 5.45. The highest BCUT2D eigenvalue weighted by atomic mass is 16.6. The minimum Gasteiger partial charge on any atom is -0.444 e. The summed E-state index contributed by atoms with van der Waals surface area (Å²) in [5.74, 6) is 1.75. The van der Waals surface area contributed by atoms with Gasteiger partial charge in [0.15, 0.2) is 0 Å². The van der Waals surface area contributed by atoms with Gasteiger partial charge in [0.25, 0.3) is 0 Å². The average molecular weight is 280 g/mol. The summed E-state index contributed by atoms with van der Waals surface area (Å²) in [5.41, 5.74) is 0.252. The van der Waals surface area contributed by atoms with Crippen LogP contribution < -0.4 is 5.32 Å². The quantitative estimate of drug-likeness (QED) is 0.845. The van der Waals surface area contributed by atoms with Crippen LogP contribution in [0.2, 0.25) is 0 Å². The lowest BCUT2D eigenvalue weighted by Crippen LogP contribution is -2.42. The van der Waals surface area contributed by atoms with Crippen LogP contribution in [0.25, 0.3) is 0 Å². The molecule has 0 spiro atoms. The Kier molecular flexibility index (Phi) is 3.47. The average Bonchev–Trinajstić information content (AvgIpc) is 2.88. The van der Waals surface area contributed by atoms with Gasteiger partial charge in [0.1, 0.15) is 5.60 Å². The summed E-state index contributed by atoms with van der Waals surface area (Å²) >= 11 is 0. The van der Waals surface area contributed by atoms with Crippen LogP contribution in [0.4, 0.5) is 4.79 Å². The number of likely N-dealkylation sites (tertiary alicyclic amines) is 1. The molecule has 0 aromatic heterocycles. The SMILES string of the molecule is CC(C)(C)OC(=O)N1CCC(CC23CNCC2C3)CC1. The smallest absolute Gasteiger partial charge is 0.410 e. The maximum Gasteiger partial charge on any atom is 0.410 e. The molecule has 2 aliphatic heterocycles. The normalized spacial score (nSPS) is 34.0. The number of hydrogen-bond donors (Lipinski definition) is 1. The number of fused-ring (bicyclic) bond motifs is 1. The second kappa shape index (κ2) is 4.90. The summed E-state index contributed by atoms with van der Waals surface area (Å²) in [6.45, 7) is 9.98. The van der Waals surface area contributed by atoms with Crippen LogP contribution in [0, 0.1) is 17.3 Å². The third-order valence-electron chi connectivity index (χ3n) is 5.19. The molecule has 1 saturated carbocycles. The number of carbonyl (C=O) groups is 1. The molecule has 20 heavy (non-hydrogen) atoms. The predicted molar refractivity (Wildman–Crippen MR) is 78.6 cm³/mol. The van der Waals surface area contributed by atoms with Gasteiger partial charge in [-0.05, 0) is 70.3 Å². The Labute approximate surface area is 122 Å². The van der Waals surface area contributed by atoms with E-state index in [9.17, 15) is 4.79 Å². The summed E-state index contributed by atoms with van der Waals surface area (Å²) in [7, 11) is 0. The Balaban J connectivity index is 1.44. The van der Waals surface area contributed by atoms with Gasteiger partial charge < -0.3 is 15.0 Å². The summed E-state index contributed by atoms with van der Waals surface area (Å²) in [6.07, 6.45) is 4.96. The van der Waals surface area contributed by atoms with Gasteiger partial charge in [0.2, 0.25) is 0 Å². The van der Waals surface area contributed by atoms with E-state index in [1.165, 1.54) is 25.9 Å². The van der Waals surface area contributed by atoms with Gasteiger partial charge in [-0.15, -0.1) is 0 Å². The number of hydrogen-bond acceptors (Lipinski definition) is 3. The molecule has 3 fully saturated rings. The predicted octanol–water partition coefficient (Wildman–Crippen LogP) is 2.63. The van der Waals surface area contributed by atoms with Gasteiger partial charge in [-0.3, -0.25) is 0 Å². The van der Waals surface area contributed by atoms with E-state index in [1.807, 2.05) is 25.7 Å². The van der Waals surface area contributed by atoms with Crippen LogP contribution >= 0.6 is 0 Å². The van der Waals surface area contributed by atoms with Gasteiger partial charge in [-0.2, -0.15) is 0 Å². The highest BCUT2D eigenvalue weighted by Crippen LogP contribution is 2.59. The van der Waals surface area contributed by atoms with E-state index in [0.29, 0.717) is 5.41 Å². The molecular weight excluding hydrogens is 252 g/mol. The fraction of sp³-hybridized carbons (Fsp3) is 0.938. The van der Waals surface area contributed by atoms with E-state index in [-0.39, 0.29) is 11.7 Å². The Morgan fingerprint density at radius 1 is 1.35 bits per heavy atom. The van der Waals surface area contributed by atoms with Crippen LogP contribution in [0.15, 0.2) is 0 Å². The van der Waals surface area contributed by atoms with E-state index < -0.39 is 0 Å². The lowest BCUT2D eigenvalue weighted by Gasteiger charge is -2.34. The minimum atomic E-state index is -0.385. The van der Waals surface area contributed by atoms with Crippen molar-refractivity contribution >= 4 is 6.09 Å². The van der Waals surface area contributed by atoms with Crippen molar-refractivity contribution in [2.24, 2.45) is 17.3 Å². The van der Waals surface area contributed by atoms with Crippen molar-refractivity contribution in [1.29, 1.82) is 0 Å². The van der Waals surface area contributed by atoms with Crippen LogP contribution in [-0.4, -0.2) is 42.8 Å². The van der Waals surface area contributed by atoms with Crippen LogP contribution in [0.5, 0.6) is 0 Å². The summed E-state index contributed by atoms with van der Waals surface area (Å²) in [6, 6.07) is 0. The molecule has 1 aliphatic carbocycles. The monoisotopic (exact) mass is 280 g/mol. The standard InChI is InChI=1S/C16H28N2O2/c1-15(2,3)20-14(19)18-6-4-12(5-7-18)8-16-9-13(16)10-17-11-16/h12-13,17H,4-11H2,1-3H3. The lowest BCUT2D eigenvalue weighted by molar-refractivity contribution is 0.0174. The molecule has 114 valence electrons. The Bertz CT molecular complexity index is 382. The maximum atomic E-state index is 12.0. The van der Waals surface area contributed by atoms with E-state index in [1.54, 1.807) is 0 Å². The molecule has 2 atom stereocenters. The minimum absolute atomic E-state index is 0.138. The highest BCUT2D eigenvalue weighted by Gasteiger charge is 2.57. The molecule has 4 heteroatoms. The van der Waals surface area contributed by atoms with Gasteiger partial charge in [-0.25, -0.2) is 4.79 Å². The fourth-order valence-corrected chi connectivity index (χ4v) is 3.98. The topological polar surface area (TPSA) is 41.6 Å². The largest absolute Gasteiger partial charge is 0.444 e. The van der Waals surface area contributed by atoms with Crippen molar-refractivity contribution in [3.63, 3.8) is 0 Å². The van der Waals surface area contributed by atoms with E-state index in [2.05, 4.69) is 5.32 Å². The second-order valence-electron chi connectivity index (χ2n) is 8.01. The van der Waals surface area contributed by atoms with Crippen molar-refractivity contribution in [2.45, 2.75) is 52.1 Å². The Morgan fingerprint density at radius 3 is 2.55 bits per heavy atom. The molecule has 2 saturated heterocycles. The fourth-order valence-electron chi connectivity index (χ4n) is 3.98. The molecule has 0 radical (unpaired) electrons. The molecule has 4 nitrogen and oxygen atoms in total. The van der Waals surface area contributed by atoms with Gasteiger partial charge >= 0.3 is 6.09 Å². The van der Waals surface area contributed by atoms with Crippen LogP contribution in [0.1, 0.15) is 46.5 Å². The number of nitrogens with zero attached hydrogens (tertiary/aromatic N) is 1. The lowest BCUT2D eigenvalue weighted by atomic mass is 9.85. The second-order valence-corrected chi connectivity index (χ2v) is 8.01. The zero-order chi connectivity index (χ0) is 14.4. The van der Waals surface area contributed by atoms with Gasteiger partial charge in [0.05, 0.1) is 0 Å². The van der Waals surface area contributed by atoms with Crippen molar-refractivity contribution in [3.05, 3.63) is 0 Å². The number of amides is 1. The zero-order valence-corrected chi connectivity index (χ0v) is 13.1. The van der Waals surface area contributed by atoms with E-state index in [4.69, 9.17) is 4.74 Å². The summed E-state index contributed by atoms with van der Waals surface area (Å²) in [4.78, 5) is 13.9. The number of rotatable bonds is 2. The Hall–Kier alpha value is -0.770. The molecule has 2 unspecified atom stereocenters. The molecule has 0 bridgehead atoms. The van der Waals surface area contributed by atoms with Crippen molar-refractivity contribution in [1.82, 2.24) is 10.2 Å². The molecule has 2 heterocycles. The third-order valence-corrected chi connectivity index (χ3v) is 5.19. The number of ether oxygens (including phenoxy) is 1. The molecule has 1 N–H and O–H groups in total. The first-order valence-electron chi connectivity index (χ1n) is 8.07. The van der Waals surface area contributed by atoms with E-state index in [0.717, 1.165) is 37.8 Å². The van der Waals surface area contributed by atoms with Gasteiger partial charge in [0, 0.05) is 19.6 Å². The molecule has 0 aromatic carbocycles. The first-order valence-corrected chi connectivity index (χ1v) is 8.07. The third kappa shape index (κ3) is 2.95. The number of nitrogens with one attached hydrogen (secondary N) is 1. The molecular formula is C16H28N2O2. The van der Waals surface area contributed by atoms with Crippen LogP contribution in [-0.2, 0) is 4.74 Å². The molecule has 3 aliphatic rings. The molecule has 3 rings (SSSR count). The maximum absolute atomic E-state index is 12.0. The first-order chi connectivity index (χ1) is 9.38. The number of carbonyl (C=O) groups excluding carboxylic acids is 1. The summed E-state index contributed by atoms with van der Waals surface area (Å²) in [5, 5.41) is 3.52. The Morgan fingerprint density at radius 2 is 2.05 bits per heavy atom. The molecule has 0 aromatic rings. The van der Waals surface area contributed by atoms with Crippen LogP contribution in [0.3, 0.4) is 0 Å². The first kappa shape index (κ1) is 14.2. The van der Waals surface area contributed by atoms with E-state index >= 15 is 0 Å². The van der Waals surface area contributed by atoms with Crippen molar-refractivity contribution < 1.29 is 9.53 Å². The highest BCUT2D eigenvalue weighted by molar-refractivity contribution is 5.68. The zero-order valence-electron chi connectivity index (χ0n) is 13.1. The number of piperidine rings is 2. The van der Waals surface area contributed by atoms with Crippen molar-refractivity contribution in [3.8, 4) is 0 Å². The van der Waals surface area contributed by atoms with Crippen molar-refractivity contribution in [2.75, 3.05) is 26.2 Å².